The first-order valence-corrected chi connectivity index (χ1v) is 8.74. The summed E-state index contributed by atoms with van der Waals surface area (Å²) in [7, 11) is 0. The van der Waals surface area contributed by atoms with Crippen molar-refractivity contribution in [1.29, 1.82) is 0 Å². The van der Waals surface area contributed by atoms with Gasteiger partial charge in [-0.15, -0.1) is 0 Å². The summed E-state index contributed by atoms with van der Waals surface area (Å²) in [5.41, 5.74) is 4.01. The van der Waals surface area contributed by atoms with Crippen LogP contribution in [-0.4, -0.2) is 16.8 Å². The third-order valence-electron chi connectivity index (χ3n) is 4.10. The van der Waals surface area contributed by atoms with Crippen LogP contribution in [0.2, 0.25) is 0 Å². The molecule has 0 unspecified atom stereocenters. The van der Waals surface area contributed by atoms with Gasteiger partial charge in [0.1, 0.15) is 5.69 Å². The topological polar surface area (TPSA) is 71.1 Å². The Morgan fingerprint density at radius 3 is 2.37 bits per heavy atom. The summed E-state index contributed by atoms with van der Waals surface area (Å²) < 4.78 is 0. The molecule has 5 nitrogen and oxygen atoms in total. The van der Waals surface area contributed by atoms with Gasteiger partial charge in [0.2, 0.25) is 5.91 Å². The first kappa shape index (κ1) is 18.3. The smallest absolute Gasteiger partial charge is 0.270 e. The van der Waals surface area contributed by atoms with Crippen LogP contribution in [0, 0.1) is 0 Å². The maximum atomic E-state index is 12.7. The summed E-state index contributed by atoms with van der Waals surface area (Å²) in [4.78, 5) is 28.1. The van der Waals surface area contributed by atoms with E-state index in [9.17, 15) is 9.59 Å². The molecular formula is C22H21N3O2. The van der Waals surface area contributed by atoms with Gasteiger partial charge < -0.3 is 10.6 Å². The van der Waals surface area contributed by atoms with Gasteiger partial charge in [0.25, 0.3) is 5.91 Å². The van der Waals surface area contributed by atoms with E-state index in [0.29, 0.717) is 18.8 Å². The van der Waals surface area contributed by atoms with E-state index < -0.39 is 0 Å². The normalized spacial score (nSPS) is 10.3. The Balaban J connectivity index is 1.80. The third-order valence-corrected chi connectivity index (χ3v) is 4.10. The van der Waals surface area contributed by atoms with Crippen molar-refractivity contribution in [2.24, 2.45) is 0 Å². The Labute approximate surface area is 158 Å². The summed E-state index contributed by atoms with van der Waals surface area (Å²) in [5, 5.41) is 5.70. The highest BCUT2D eigenvalue weighted by Gasteiger charge is 2.14. The molecule has 0 saturated heterocycles. The lowest BCUT2D eigenvalue weighted by Crippen LogP contribution is -2.24. The van der Waals surface area contributed by atoms with Crippen LogP contribution < -0.4 is 10.6 Å². The average Bonchev–Trinajstić information content (AvgIpc) is 2.71. The van der Waals surface area contributed by atoms with E-state index in [1.54, 1.807) is 6.20 Å². The monoisotopic (exact) mass is 359 g/mol. The standard InChI is InChI=1S/C22H21N3O2/c1-16(26)24-15-18-9-5-10-19(13-18)20-11-6-12-23-21(20)22(27)25-14-17-7-3-2-4-8-17/h2-13H,14-15H2,1H3,(H,24,26)(H,25,27). The Hall–Kier alpha value is -3.47. The molecule has 3 rings (SSSR count). The highest BCUT2D eigenvalue weighted by molar-refractivity contribution is 5.98. The van der Waals surface area contributed by atoms with Crippen molar-refractivity contribution >= 4 is 11.8 Å². The minimum atomic E-state index is -0.221. The van der Waals surface area contributed by atoms with Gasteiger partial charge in [-0.25, -0.2) is 0 Å². The number of hydrogen-bond acceptors (Lipinski definition) is 3. The lowest BCUT2D eigenvalue weighted by Gasteiger charge is -2.11. The highest BCUT2D eigenvalue weighted by Crippen LogP contribution is 2.23. The van der Waals surface area contributed by atoms with Gasteiger partial charge in [-0.2, -0.15) is 0 Å². The van der Waals surface area contributed by atoms with Crippen LogP contribution in [-0.2, 0) is 17.9 Å². The van der Waals surface area contributed by atoms with Crippen LogP contribution in [0.5, 0.6) is 0 Å². The molecule has 27 heavy (non-hydrogen) atoms. The highest BCUT2D eigenvalue weighted by atomic mass is 16.2. The van der Waals surface area contributed by atoms with Gasteiger partial charge >= 0.3 is 0 Å². The van der Waals surface area contributed by atoms with Crippen LogP contribution in [0.3, 0.4) is 0 Å². The maximum Gasteiger partial charge on any atom is 0.270 e. The number of benzene rings is 2. The van der Waals surface area contributed by atoms with Gasteiger partial charge in [0.05, 0.1) is 0 Å². The van der Waals surface area contributed by atoms with Crippen molar-refractivity contribution < 1.29 is 9.59 Å². The molecule has 0 aliphatic heterocycles. The van der Waals surface area contributed by atoms with E-state index in [0.717, 1.165) is 22.3 Å². The molecule has 136 valence electrons. The number of aromatic nitrogens is 1. The molecule has 0 saturated carbocycles. The van der Waals surface area contributed by atoms with Crippen LogP contribution >= 0.6 is 0 Å². The Morgan fingerprint density at radius 2 is 1.59 bits per heavy atom. The SMILES string of the molecule is CC(=O)NCc1cccc(-c2cccnc2C(=O)NCc2ccccc2)c1. The van der Waals surface area contributed by atoms with Crippen molar-refractivity contribution in [2.75, 3.05) is 0 Å². The van der Waals surface area contributed by atoms with Crippen molar-refractivity contribution in [2.45, 2.75) is 20.0 Å². The number of hydrogen-bond donors (Lipinski definition) is 2. The molecule has 1 aromatic heterocycles. The van der Waals surface area contributed by atoms with Crippen molar-refractivity contribution in [3.63, 3.8) is 0 Å². The Kier molecular flexibility index (Phi) is 5.94. The zero-order chi connectivity index (χ0) is 19.1. The molecule has 2 N–H and O–H groups in total. The van der Waals surface area contributed by atoms with Gasteiger partial charge in [-0.05, 0) is 28.8 Å². The molecule has 0 aliphatic carbocycles. The van der Waals surface area contributed by atoms with Crippen LogP contribution in [0.1, 0.15) is 28.5 Å². The Morgan fingerprint density at radius 1 is 0.852 bits per heavy atom. The second-order valence-corrected chi connectivity index (χ2v) is 6.18. The minimum Gasteiger partial charge on any atom is -0.352 e. The largest absolute Gasteiger partial charge is 0.352 e. The molecule has 5 heteroatoms. The fourth-order valence-corrected chi connectivity index (χ4v) is 2.76. The van der Waals surface area contributed by atoms with Crippen molar-refractivity contribution in [3.8, 4) is 11.1 Å². The molecule has 3 aromatic rings. The molecule has 2 aromatic carbocycles. The molecule has 2 amide bonds. The molecular weight excluding hydrogens is 338 g/mol. The first-order chi connectivity index (χ1) is 13.1. The van der Waals surface area contributed by atoms with E-state index >= 15 is 0 Å². The number of nitrogens with one attached hydrogen (secondary N) is 2. The number of rotatable bonds is 6. The predicted octanol–water partition coefficient (Wildman–Crippen LogP) is 3.31. The molecule has 0 bridgehead atoms. The van der Waals surface area contributed by atoms with Crippen LogP contribution in [0.25, 0.3) is 11.1 Å². The lowest BCUT2D eigenvalue weighted by atomic mass is 10.0. The van der Waals surface area contributed by atoms with E-state index in [1.165, 1.54) is 6.92 Å². The summed E-state index contributed by atoms with van der Waals surface area (Å²) in [5.74, 6) is -0.301. The maximum absolute atomic E-state index is 12.7. The summed E-state index contributed by atoms with van der Waals surface area (Å²) in [6, 6.07) is 21.2. The summed E-state index contributed by atoms with van der Waals surface area (Å²) >= 11 is 0. The van der Waals surface area contributed by atoms with E-state index in [4.69, 9.17) is 0 Å². The van der Waals surface area contributed by atoms with Crippen LogP contribution in [0.4, 0.5) is 0 Å². The van der Waals surface area contributed by atoms with Gasteiger partial charge in [0.15, 0.2) is 0 Å². The van der Waals surface area contributed by atoms with E-state index in [2.05, 4.69) is 15.6 Å². The number of carbonyl (C=O) groups is 2. The number of nitrogens with zero attached hydrogens (tertiary/aromatic N) is 1. The van der Waals surface area contributed by atoms with E-state index in [-0.39, 0.29) is 11.8 Å². The van der Waals surface area contributed by atoms with Gasteiger partial charge in [-0.1, -0.05) is 54.6 Å². The molecule has 1 heterocycles. The second kappa shape index (κ2) is 8.76. The Bertz CT molecular complexity index is 939. The second-order valence-electron chi connectivity index (χ2n) is 6.18. The van der Waals surface area contributed by atoms with Gasteiger partial charge in [-0.3, -0.25) is 14.6 Å². The molecule has 0 fully saturated rings. The minimum absolute atomic E-state index is 0.0808. The van der Waals surface area contributed by atoms with E-state index in [1.807, 2.05) is 66.7 Å². The summed E-state index contributed by atoms with van der Waals surface area (Å²) in [6.07, 6.45) is 1.61. The predicted molar refractivity (Wildman–Crippen MR) is 105 cm³/mol. The van der Waals surface area contributed by atoms with Gasteiger partial charge in [0, 0.05) is 31.8 Å². The third kappa shape index (κ3) is 5.01. The molecule has 0 radical (unpaired) electrons. The lowest BCUT2D eigenvalue weighted by molar-refractivity contribution is -0.119. The number of carbonyl (C=O) groups excluding carboxylic acids is 2. The molecule has 0 spiro atoms. The summed E-state index contributed by atoms with van der Waals surface area (Å²) in [6.45, 7) is 2.37. The molecule has 0 atom stereocenters. The molecule has 0 aliphatic rings. The quantitative estimate of drug-likeness (QED) is 0.709. The average molecular weight is 359 g/mol. The van der Waals surface area contributed by atoms with Crippen molar-refractivity contribution in [1.82, 2.24) is 15.6 Å². The van der Waals surface area contributed by atoms with Crippen molar-refractivity contribution in [3.05, 3.63) is 89.7 Å². The number of amides is 2. The van der Waals surface area contributed by atoms with Crippen LogP contribution in [0.15, 0.2) is 72.9 Å². The first-order valence-electron chi connectivity index (χ1n) is 8.74. The zero-order valence-corrected chi connectivity index (χ0v) is 15.1. The zero-order valence-electron chi connectivity index (χ0n) is 15.1. The fraction of sp³-hybridized carbons (Fsp3) is 0.136. The number of pyridine rings is 1. The fourth-order valence-electron chi connectivity index (χ4n) is 2.76.